The fraction of sp³-hybridized carbons (Fsp3) is 0.500. The number of aliphatic hydroxyl groups excluding tert-OH is 1. The maximum Gasteiger partial charge on any atom is 0.127 e. The summed E-state index contributed by atoms with van der Waals surface area (Å²) in [4.78, 5) is 0. The number of rotatable bonds is 6. The molecule has 0 spiro atoms. The minimum absolute atomic E-state index is 0.0757. The number of hydrogen-bond donors (Lipinski definition) is 2. The lowest BCUT2D eigenvalue weighted by molar-refractivity contribution is 0.250. The highest BCUT2D eigenvalue weighted by atomic mass is 16.5. The first-order chi connectivity index (χ1) is 7.71. The van der Waals surface area contributed by atoms with Crippen molar-refractivity contribution in [2.75, 3.05) is 20.8 Å². The number of nitrogens with one attached hydrogen (secondary N) is 1. The summed E-state index contributed by atoms with van der Waals surface area (Å²) in [5.74, 6) is 1.56. The molecular formula is C12H19NO3. The molecule has 0 unspecified atom stereocenters. The average molecular weight is 225 g/mol. The van der Waals surface area contributed by atoms with Crippen LogP contribution < -0.4 is 14.8 Å². The number of methoxy groups -OCH3 is 2. The molecule has 1 rings (SSSR count). The maximum absolute atomic E-state index is 8.91. The summed E-state index contributed by atoms with van der Waals surface area (Å²) in [5, 5.41) is 12.1. The summed E-state index contributed by atoms with van der Waals surface area (Å²) >= 11 is 0. The fourth-order valence-electron chi connectivity index (χ4n) is 1.35. The van der Waals surface area contributed by atoms with E-state index in [1.54, 1.807) is 14.2 Å². The Hall–Kier alpha value is -1.26. The highest BCUT2D eigenvalue weighted by Gasteiger charge is 2.06. The Labute approximate surface area is 96.2 Å². The second kappa shape index (κ2) is 6.35. The van der Waals surface area contributed by atoms with Crippen molar-refractivity contribution in [3.8, 4) is 11.5 Å². The van der Waals surface area contributed by atoms with Crippen molar-refractivity contribution in [1.82, 2.24) is 5.32 Å². The van der Waals surface area contributed by atoms with Gasteiger partial charge in [-0.3, -0.25) is 0 Å². The Morgan fingerprint density at radius 3 is 2.62 bits per heavy atom. The smallest absolute Gasteiger partial charge is 0.127 e. The molecule has 1 aromatic carbocycles. The summed E-state index contributed by atoms with van der Waals surface area (Å²) < 4.78 is 10.4. The molecule has 4 nitrogen and oxygen atoms in total. The Morgan fingerprint density at radius 2 is 2.06 bits per heavy atom. The second-order valence-corrected chi connectivity index (χ2v) is 3.64. The zero-order valence-electron chi connectivity index (χ0n) is 9.99. The highest BCUT2D eigenvalue weighted by Crippen LogP contribution is 2.24. The molecule has 1 atom stereocenters. The molecular weight excluding hydrogens is 206 g/mol. The molecule has 0 radical (unpaired) electrons. The van der Waals surface area contributed by atoms with Crippen molar-refractivity contribution in [3.63, 3.8) is 0 Å². The van der Waals surface area contributed by atoms with Crippen molar-refractivity contribution in [2.24, 2.45) is 0 Å². The molecule has 0 amide bonds. The second-order valence-electron chi connectivity index (χ2n) is 3.64. The van der Waals surface area contributed by atoms with Gasteiger partial charge in [0.15, 0.2) is 0 Å². The van der Waals surface area contributed by atoms with Crippen molar-refractivity contribution < 1.29 is 14.6 Å². The van der Waals surface area contributed by atoms with Gasteiger partial charge in [0.25, 0.3) is 0 Å². The topological polar surface area (TPSA) is 50.7 Å². The largest absolute Gasteiger partial charge is 0.497 e. The molecule has 0 aliphatic rings. The van der Waals surface area contributed by atoms with Crippen LogP contribution in [0.3, 0.4) is 0 Å². The van der Waals surface area contributed by atoms with Gasteiger partial charge in [-0.1, -0.05) is 6.07 Å². The lowest BCUT2D eigenvalue weighted by Crippen LogP contribution is -2.28. The highest BCUT2D eigenvalue weighted by molar-refractivity contribution is 5.40. The van der Waals surface area contributed by atoms with Crippen LogP contribution in [0.4, 0.5) is 0 Å². The molecule has 0 aliphatic carbocycles. The zero-order valence-corrected chi connectivity index (χ0v) is 9.99. The van der Waals surface area contributed by atoms with E-state index in [1.165, 1.54) is 0 Å². The quantitative estimate of drug-likeness (QED) is 0.763. The van der Waals surface area contributed by atoms with E-state index >= 15 is 0 Å². The molecule has 0 aromatic heterocycles. The molecule has 0 heterocycles. The van der Waals surface area contributed by atoms with Crippen LogP contribution in [0.5, 0.6) is 11.5 Å². The molecule has 0 bridgehead atoms. The SMILES string of the molecule is COc1ccc(CN[C@H](C)CO)c(OC)c1. The summed E-state index contributed by atoms with van der Waals surface area (Å²) in [5.41, 5.74) is 1.05. The van der Waals surface area contributed by atoms with E-state index in [1.807, 2.05) is 25.1 Å². The lowest BCUT2D eigenvalue weighted by atomic mass is 10.2. The average Bonchev–Trinajstić information content (AvgIpc) is 2.35. The van der Waals surface area contributed by atoms with E-state index in [0.29, 0.717) is 6.54 Å². The molecule has 2 N–H and O–H groups in total. The monoisotopic (exact) mass is 225 g/mol. The lowest BCUT2D eigenvalue weighted by Gasteiger charge is -2.14. The van der Waals surface area contributed by atoms with Crippen LogP contribution in [0.15, 0.2) is 18.2 Å². The molecule has 0 saturated carbocycles. The van der Waals surface area contributed by atoms with E-state index in [9.17, 15) is 0 Å². The Morgan fingerprint density at radius 1 is 1.31 bits per heavy atom. The number of benzene rings is 1. The van der Waals surface area contributed by atoms with Gasteiger partial charge in [-0.25, -0.2) is 0 Å². The molecule has 0 saturated heterocycles. The van der Waals surface area contributed by atoms with Gasteiger partial charge in [-0.05, 0) is 13.0 Å². The minimum Gasteiger partial charge on any atom is -0.497 e. The molecule has 0 fully saturated rings. The van der Waals surface area contributed by atoms with Crippen LogP contribution in [0.1, 0.15) is 12.5 Å². The Kier molecular flexibility index (Phi) is 5.08. The number of ether oxygens (including phenoxy) is 2. The van der Waals surface area contributed by atoms with Gasteiger partial charge in [-0.15, -0.1) is 0 Å². The van der Waals surface area contributed by atoms with Gasteiger partial charge in [0, 0.05) is 24.2 Å². The van der Waals surface area contributed by atoms with Crippen molar-refractivity contribution in [2.45, 2.75) is 19.5 Å². The van der Waals surface area contributed by atoms with Crippen LogP contribution in [-0.4, -0.2) is 32.0 Å². The first-order valence-electron chi connectivity index (χ1n) is 5.26. The zero-order chi connectivity index (χ0) is 12.0. The molecule has 90 valence electrons. The number of hydrogen-bond acceptors (Lipinski definition) is 4. The van der Waals surface area contributed by atoms with Gasteiger partial charge >= 0.3 is 0 Å². The van der Waals surface area contributed by atoms with Gasteiger partial charge < -0.3 is 19.9 Å². The van der Waals surface area contributed by atoms with Crippen molar-refractivity contribution in [1.29, 1.82) is 0 Å². The molecule has 1 aromatic rings. The molecule has 4 heteroatoms. The van der Waals surface area contributed by atoms with Crippen molar-refractivity contribution >= 4 is 0 Å². The third-order valence-corrected chi connectivity index (χ3v) is 2.41. The predicted molar refractivity (Wildman–Crippen MR) is 62.9 cm³/mol. The third-order valence-electron chi connectivity index (χ3n) is 2.41. The molecule has 0 aliphatic heterocycles. The summed E-state index contributed by atoms with van der Waals surface area (Å²) in [6.07, 6.45) is 0. The van der Waals surface area contributed by atoms with Gasteiger partial charge in [0.2, 0.25) is 0 Å². The van der Waals surface area contributed by atoms with Gasteiger partial charge in [-0.2, -0.15) is 0 Å². The van der Waals surface area contributed by atoms with E-state index in [0.717, 1.165) is 17.1 Å². The minimum atomic E-state index is 0.0757. The van der Waals surface area contributed by atoms with Crippen LogP contribution in [-0.2, 0) is 6.54 Å². The number of aliphatic hydroxyl groups is 1. The summed E-state index contributed by atoms with van der Waals surface area (Å²) in [6, 6.07) is 5.77. The van der Waals surface area contributed by atoms with Crippen LogP contribution in [0, 0.1) is 0 Å². The summed E-state index contributed by atoms with van der Waals surface area (Å²) in [6.45, 7) is 2.71. The van der Waals surface area contributed by atoms with E-state index in [4.69, 9.17) is 14.6 Å². The first-order valence-corrected chi connectivity index (χ1v) is 5.26. The molecule has 16 heavy (non-hydrogen) atoms. The first kappa shape index (κ1) is 12.8. The fourth-order valence-corrected chi connectivity index (χ4v) is 1.35. The predicted octanol–water partition coefficient (Wildman–Crippen LogP) is 1.17. The maximum atomic E-state index is 8.91. The van der Waals surface area contributed by atoms with E-state index in [2.05, 4.69) is 5.32 Å². The van der Waals surface area contributed by atoms with E-state index in [-0.39, 0.29) is 12.6 Å². The van der Waals surface area contributed by atoms with Crippen LogP contribution in [0.25, 0.3) is 0 Å². The van der Waals surface area contributed by atoms with Gasteiger partial charge in [0.05, 0.1) is 20.8 Å². The van der Waals surface area contributed by atoms with Crippen molar-refractivity contribution in [3.05, 3.63) is 23.8 Å². The van der Waals surface area contributed by atoms with Crippen LogP contribution in [0.2, 0.25) is 0 Å². The van der Waals surface area contributed by atoms with E-state index < -0.39 is 0 Å². The summed E-state index contributed by atoms with van der Waals surface area (Å²) in [7, 11) is 3.26. The Balaban J connectivity index is 2.71. The third kappa shape index (κ3) is 3.40. The van der Waals surface area contributed by atoms with Crippen LogP contribution >= 0.6 is 0 Å². The van der Waals surface area contributed by atoms with Gasteiger partial charge in [0.1, 0.15) is 11.5 Å². The Bertz CT molecular complexity index is 328. The standard InChI is InChI=1S/C12H19NO3/c1-9(8-14)13-7-10-4-5-11(15-2)6-12(10)16-3/h4-6,9,13-14H,7-8H2,1-3H3/t9-/m1/s1. The normalized spacial score (nSPS) is 12.2.